The van der Waals surface area contributed by atoms with Crippen molar-refractivity contribution in [3.05, 3.63) is 29.8 Å². The molecule has 20 heavy (non-hydrogen) atoms. The molecule has 1 aromatic carbocycles. The van der Waals surface area contributed by atoms with Crippen LogP contribution in [-0.2, 0) is 9.59 Å². The number of carboxylic acids is 1. The number of hydrogen-bond donors (Lipinski definition) is 3. The summed E-state index contributed by atoms with van der Waals surface area (Å²) in [6.45, 7) is 1.83. The van der Waals surface area contributed by atoms with Gasteiger partial charge in [0.1, 0.15) is 5.75 Å². The lowest BCUT2D eigenvalue weighted by atomic mass is 10.1. The second-order valence-electron chi connectivity index (χ2n) is 4.55. The largest absolute Gasteiger partial charge is 0.497 e. The average molecular weight is 280 g/mol. The lowest BCUT2D eigenvalue weighted by molar-refractivity contribution is -0.137. The fourth-order valence-electron chi connectivity index (χ4n) is 1.72. The van der Waals surface area contributed by atoms with Gasteiger partial charge in [0.2, 0.25) is 5.91 Å². The van der Waals surface area contributed by atoms with Gasteiger partial charge < -0.3 is 20.9 Å². The van der Waals surface area contributed by atoms with Crippen LogP contribution >= 0.6 is 0 Å². The molecule has 1 aromatic rings. The summed E-state index contributed by atoms with van der Waals surface area (Å²) < 4.78 is 5.12. The maximum atomic E-state index is 11.8. The smallest absolute Gasteiger partial charge is 0.303 e. The van der Waals surface area contributed by atoms with Gasteiger partial charge in [0, 0.05) is 6.42 Å². The van der Waals surface area contributed by atoms with Crippen molar-refractivity contribution in [2.24, 2.45) is 5.73 Å². The molecule has 0 bridgehead atoms. The molecule has 110 valence electrons. The average Bonchev–Trinajstić information content (AvgIpc) is 2.44. The van der Waals surface area contributed by atoms with Gasteiger partial charge in [-0.2, -0.15) is 0 Å². The first kappa shape index (κ1) is 16.0. The number of ether oxygens (including phenoxy) is 1. The summed E-state index contributed by atoms with van der Waals surface area (Å²) in [6.07, 6.45) is -0.00583. The summed E-state index contributed by atoms with van der Waals surface area (Å²) in [5.74, 6) is -0.616. The van der Waals surface area contributed by atoms with E-state index in [2.05, 4.69) is 5.32 Å². The van der Waals surface area contributed by atoms with E-state index < -0.39 is 12.0 Å². The van der Waals surface area contributed by atoms with Crippen LogP contribution in [0.4, 0.5) is 0 Å². The molecule has 0 saturated heterocycles. The number of benzene rings is 1. The number of nitrogens with two attached hydrogens (primary N) is 1. The van der Waals surface area contributed by atoms with Crippen molar-refractivity contribution in [3.63, 3.8) is 0 Å². The van der Waals surface area contributed by atoms with Crippen LogP contribution in [0.5, 0.6) is 5.75 Å². The highest BCUT2D eigenvalue weighted by atomic mass is 16.5. The van der Waals surface area contributed by atoms with E-state index in [1.807, 2.05) is 31.2 Å². The Morgan fingerprint density at radius 3 is 2.75 bits per heavy atom. The molecule has 0 saturated carbocycles. The normalized spacial score (nSPS) is 13.3. The Morgan fingerprint density at radius 2 is 2.15 bits per heavy atom. The summed E-state index contributed by atoms with van der Waals surface area (Å²) in [4.78, 5) is 22.3. The fourth-order valence-corrected chi connectivity index (χ4v) is 1.72. The number of carbonyl (C=O) groups excluding carboxylic acids is 1. The number of methoxy groups -OCH3 is 1. The highest BCUT2D eigenvalue weighted by Crippen LogP contribution is 2.18. The number of carbonyl (C=O) groups is 2. The third kappa shape index (κ3) is 4.89. The Hall–Kier alpha value is -2.08. The zero-order valence-electron chi connectivity index (χ0n) is 11.6. The van der Waals surface area contributed by atoms with Crippen molar-refractivity contribution in [1.82, 2.24) is 5.32 Å². The molecule has 2 atom stereocenters. The molecule has 0 spiro atoms. The predicted molar refractivity (Wildman–Crippen MR) is 74.4 cm³/mol. The summed E-state index contributed by atoms with van der Waals surface area (Å²) in [5, 5.41) is 11.3. The van der Waals surface area contributed by atoms with E-state index in [-0.39, 0.29) is 24.8 Å². The lowest BCUT2D eigenvalue weighted by Gasteiger charge is -2.18. The van der Waals surface area contributed by atoms with E-state index in [0.29, 0.717) is 5.75 Å². The number of hydrogen-bond acceptors (Lipinski definition) is 4. The first-order valence-electron chi connectivity index (χ1n) is 6.35. The standard InChI is InChI=1S/C14H20N2O4/c1-9(10-4-3-5-11(8-10)20-2)16-14(19)12(15)6-7-13(17)18/h3-5,8-9,12H,6-7,15H2,1-2H3,(H,16,19)(H,17,18). The molecule has 0 radical (unpaired) electrons. The quantitative estimate of drug-likeness (QED) is 0.693. The fraction of sp³-hybridized carbons (Fsp3) is 0.429. The number of aliphatic carboxylic acids is 1. The van der Waals surface area contributed by atoms with E-state index in [4.69, 9.17) is 15.6 Å². The Morgan fingerprint density at radius 1 is 1.45 bits per heavy atom. The molecular formula is C14H20N2O4. The summed E-state index contributed by atoms with van der Waals surface area (Å²) in [6, 6.07) is 6.30. The Kier molecular flexibility index (Phi) is 5.99. The van der Waals surface area contributed by atoms with E-state index in [1.165, 1.54) is 0 Å². The molecule has 0 aliphatic rings. The van der Waals surface area contributed by atoms with Crippen molar-refractivity contribution >= 4 is 11.9 Å². The molecule has 0 aliphatic carbocycles. The third-order valence-corrected chi connectivity index (χ3v) is 2.96. The molecule has 6 heteroatoms. The van der Waals surface area contributed by atoms with Crippen molar-refractivity contribution in [2.45, 2.75) is 31.8 Å². The molecule has 4 N–H and O–H groups in total. The zero-order valence-corrected chi connectivity index (χ0v) is 11.6. The van der Waals surface area contributed by atoms with E-state index >= 15 is 0 Å². The minimum Gasteiger partial charge on any atom is -0.497 e. The molecule has 6 nitrogen and oxygen atoms in total. The Bertz CT molecular complexity index is 476. The number of amides is 1. The van der Waals surface area contributed by atoms with Gasteiger partial charge >= 0.3 is 5.97 Å². The van der Waals surface area contributed by atoms with Gasteiger partial charge in [-0.05, 0) is 31.0 Å². The highest BCUT2D eigenvalue weighted by Gasteiger charge is 2.17. The first-order valence-corrected chi connectivity index (χ1v) is 6.35. The first-order chi connectivity index (χ1) is 9.43. The second kappa shape index (κ2) is 7.49. The molecule has 1 rings (SSSR count). The molecule has 0 aromatic heterocycles. The van der Waals surface area contributed by atoms with Crippen LogP contribution in [0.15, 0.2) is 24.3 Å². The number of nitrogens with one attached hydrogen (secondary N) is 1. The van der Waals surface area contributed by atoms with Crippen LogP contribution in [-0.4, -0.2) is 30.1 Å². The monoisotopic (exact) mass is 280 g/mol. The third-order valence-electron chi connectivity index (χ3n) is 2.96. The van der Waals surface area contributed by atoms with Gasteiger partial charge in [0.05, 0.1) is 19.2 Å². The zero-order chi connectivity index (χ0) is 15.1. The van der Waals surface area contributed by atoms with Crippen molar-refractivity contribution in [1.29, 1.82) is 0 Å². The van der Waals surface area contributed by atoms with Gasteiger partial charge in [-0.1, -0.05) is 12.1 Å². The Labute approximate surface area is 117 Å². The predicted octanol–water partition coefficient (Wildman–Crippen LogP) is 1.06. The minimum absolute atomic E-state index is 0.117. The molecule has 1 amide bonds. The van der Waals surface area contributed by atoms with Gasteiger partial charge in [-0.25, -0.2) is 0 Å². The van der Waals surface area contributed by atoms with Crippen molar-refractivity contribution in [2.75, 3.05) is 7.11 Å². The molecule has 0 aliphatic heterocycles. The van der Waals surface area contributed by atoms with Crippen LogP contribution in [0.2, 0.25) is 0 Å². The highest BCUT2D eigenvalue weighted by molar-refractivity contribution is 5.82. The SMILES string of the molecule is COc1cccc(C(C)NC(=O)C(N)CCC(=O)O)c1. The van der Waals surface area contributed by atoms with Crippen LogP contribution in [0.3, 0.4) is 0 Å². The van der Waals surface area contributed by atoms with Crippen molar-refractivity contribution < 1.29 is 19.4 Å². The van der Waals surface area contributed by atoms with Gasteiger partial charge in [0.15, 0.2) is 0 Å². The van der Waals surface area contributed by atoms with Gasteiger partial charge in [0.25, 0.3) is 0 Å². The summed E-state index contributed by atoms with van der Waals surface area (Å²) in [5.41, 5.74) is 6.54. The van der Waals surface area contributed by atoms with Crippen molar-refractivity contribution in [3.8, 4) is 5.75 Å². The van der Waals surface area contributed by atoms with Gasteiger partial charge in [-0.3, -0.25) is 9.59 Å². The molecular weight excluding hydrogens is 260 g/mol. The molecule has 0 heterocycles. The number of carboxylic acid groups (broad SMARTS) is 1. The molecule has 0 fully saturated rings. The topological polar surface area (TPSA) is 102 Å². The summed E-state index contributed by atoms with van der Waals surface area (Å²) >= 11 is 0. The van der Waals surface area contributed by atoms with Crippen LogP contribution < -0.4 is 15.8 Å². The van der Waals surface area contributed by atoms with Gasteiger partial charge in [-0.15, -0.1) is 0 Å². The Balaban J connectivity index is 2.57. The van der Waals surface area contributed by atoms with Crippen LogP contribution in [0.25, 0.3) is 0 Å². The van der Waals surface area contributed by atoms with Crippen LogP contribution in [0.1, 0.15) is 31.4 Å². The molecule has 2 unspecified atom stereocenters. The maximum Gasteiger partial charge on any atom is 0.303 e. The van der Waals surface area contributed by atoms with Crippen LogP contribution in [0, 0.1) is 0 Å². The maximum absolute atomic E-state index is 11.8. The van der Waals surface area contributed by atoms with E-state index in [9.17, 15) is 9.59 Å². The number of rotatable bonds is 7. The summed E-state index contributed by atoms with van der Waals surface area (Å²) in [7, 11) is 1.57. The van der Waals surface area contributed by atoms with E-state index in [0.717, 1.165) is 5.56 Å². The second-order valence-corrected chi connectivity index (χ2v) is 4.55. The van der Waals surface area contributed by atoms with E-state index in [1.54, 1.807) is 7.11 Å². The lowest BCUT2D eigenvalue weighted by Crippen LogP contribution is -2.41. The minimum atomic E-state index is -0.964.